The zero-order valence-electron chi connectivity index (χ0n) is 13.2. The maximum Gasteiger partial charge on any atom is 0.438 e. The second-order valence-electron chi connectivity index (χ2n) is 5.36. The summed E-state index contributed by atoms with van der Waals surface area (Å²) in [5, 5.41) is 25.9. The third-order valence-electron chi connectivity index (χ3n) is 3.52. The molecule has 0 amide bonds. The summed E-state index contributed by atoms with van der Waals surface area (Å²) in [5.41, 5.74) is 2.13. The van der Waals surface area contributed by atoms with Gasteiger partial charge in [-0.1, -0.05) is 46.3 Å². The molecule has 3 aromatic rings. The van der Waals surface area contributed by atoms with Gasteiger partial charge >= 0.3 is 5.82 Å². The molecule has 0 saturated carbocycles. The highest BCUT2D eigenvalue weighted by Crippen LogP contribution is 2.13. The van der Waals surface area contributed by atoms with Crippen LogP contribution >= 0.6 is 11.6 Å². The number of rotatable bonds is 4. The summed E-state index contributed by atoms with van der Waals surface area (Å²) in [5.74, 6) is -0.537. The fourth-order valence-corrected chi connectivity index (χ4v) is 2.34. The second kappa shape index (κ2) is 6.78. The minimum Gasteiger partial charge on any atom is -0.409 e. The number of benzene rings is 2. The SMILES string of the molecule is Cc1ccc(CN=c2c([N+](=O)[O-])nn(-c3ccc(Cl)cc3)n2O)cc1. The molecule has 1 heterocycles. The van der Waals surface area contributed by atoms with Crippen LogP contribution < -0.4 is 5.49 Å². The van der Waals surface area contributed by atoms with Crippen molar-refractivity contribution in [3.8, 4) is 5.69 Å². The first-order chi connectivity index (χ1) is 12.0. The summed E-state index contributed by atoms with van der Waals surface area (Å²) in [6.45, 7) is 2.14. The van der Waals surface area contributed by atoms with Crippen molar-refractivity contribution in [2.45, 2.75) is 13.5 Å². The lowest BCUT2D eigenvalue weighted by atomic mass is 10.1. The van der Waals surface area contributed by atoms with E-state index in [2.05, 4.69) is 10.1 Å². The molecule has 0 bridgehead atoms. The number of hydrogen-bond donors (Lipinski definition) is 1. The lowest BCUT2D eigenvalue weighted by Crippen LogP contribution is -2.22. The number of aromatic nitrogens is 3. The predicted molar refractivity (Wildman–Crippen MR) is 90.8 cm³/mol. The standard InChI is InChI=1S/C16H14ClN5O3/c1-11-2-4-12(5-3-11)10-18-15-16(22(24)25)19-20(21(15)23)14-8-6-13(17)7-9-14/h2-9,23H,10H2,1H3. The molecule has 0 radical (unpaired) electrons. The number of aryl methyl sites for hydroxylation is 1. The Morgan fingerprint density at radius 2 is 1.84 bits per heavy atom. The Bertz CT molecular complexity index is 974. The molecular weight excluding hydrogens is 346 g/mol. The highest BCUT2D eigenvalue weighted by molar-refractivity contribution is 6.30. The summed E-state index contributed by atoms with van der Waals surface area (Å²) in [4.78, 5) is 16.3. The van der Waals surface area contributed by atoms with Gasteiger partial charge in [0.05, 0.1) is 11.6 Å². The first-order valence-corrected chi connectivity index (χ1v) is 7.71. The summed E-state index contributed by atoms with van der Waals surface area (Å²) in [7, 11) is 0. The molecular formula is C16H14ClN5O3. The van der Waals surface area contributed by atoms with Crippen molar-refractivity contribution in [2.24, 2.45) is 4.99 Å². The van der Waals surface area contributed by atoms with E-state index in [-0.39, 0.29) is 12.0 Å². The van der Waals surface area contributed by atoms with Crippen LogP contribution in [-0.2, 0) is 6.54 Å². The van der Waals surface area contributed by atoms with Crippen LogP contribution in [0.3, 0.4) is 0 Å². The van der Waals surface area contributed by atoms with Crippen LogP contribution in [0.15, 0.2) is 53.5 Å². The van der Waals surface area contributed by atoms with E-state index in [1.807, 2.05) is 31.2 Å². The van der Waals surface area contributed by atoms with Gasteiger partial charge in [0.1, 0.15) is 5.69 Å². The van der Waals surface area contributed by atoms with Crippen molar-refractivity contribution in [2.75, 3.05) is 0 Å². The molecule has 0 unspecified atom stereocenters. The van der Waals surface area contributed by atoms with Crippen LogP contribution in [-0.4, -0.2) is 24.9 Å². The molecule has 0 spiro atoms. The van der Waals surface area contributed by atoms with Gasteiger partial charge in [0, 0.05) is 5.02 Å². The highest BCUT2D eigenvalue weighted by Gasteiger charge is 2.23. The van der Waals surface area contributed by atoms with E-state index in [1.165, 1.54) is 0 Å². The van der Waals surface area contributed by atoms with E-state index < -0.39 is 10.7 Å². The zero-order chi connectivity index (χ0) is 18.0. The smallest absolute Gasteiger partial charge is 0.409 e. The fourth-order valence-electron chi connectivity index (χ4n) is 2.21. The second-order valence-corrected chi connectivity index (χ2v) is 5.80. The monoisotopic (exact) mass is 359 g/mol. The Balaban J connectivity index is 2.05. The lowest BCUT2D eigenvalue weighted by Gasteiger charge is -2.00. The van der Waals surface area contributed by atoms with Crippen molar-refractivity contribution in [1.82, 2.24) is 14.7 Å². The van der Waals surface area contributed by atoms with Crippen LogP contribution in [0.2, 0.25) is 5.02 Å². The summed E-state index contributed by atoms with van der Waals surface area (Å²) in [6, 6.07) is 13.9. The normalized spacial score (nSPS) is 11.7. The van der Waals surface area contributed by atoms with Gasteiger partial charge in [0.15, 0.2) is 0 Å². The van der Waals surface area contributed by atoms with Crippen LogP contribution in [0, 0.1) is 17.0 Å². The summed E-state index contributed by atoms with van der Waals surface area (Å²) >= 11 is 5.83. The van der Waals surface area contributed by atoms with Crippen LogP contribution in [0.5, 0.6) is 0 Å². The third kappa shape index (κ3) is 3.53. The van der Waals surface area contributed by atoms with Crippen LogP contribution in [0.1, 0.15) is 11.1 Å². The topological polar surface area (TPSA) is 98.5 Å². The highest BCUT2D eigenvalue weighted by atomic mass is 35.5. The van der Waals surface area contributed by atoms with Crippen molar-refractivity contribution in [3.05, 3.63) is 80.3 Å². The Morgan fingerprint density at radius 1 is 1.20 bits per heavy atom. The molecule has 0 aliphatic carbocycles. The quantitative estimate of drug-likeness (QED) is 0.440. The molecule has 0 saturated heterocycles. The average Bonchev–Trinajstić information content (AvgIpc) is 2.92. The van der Waals surface area contributed by atoms with Gasteiger partial charge in [-0.25, -0.2) is 0 Å². The van der Waals surface area contributed by atoms with Crippen LogP contribution in [0.25, 0.3) is 5.69 Å². The largest absolute Gasteiger partial charge is 0.438 e. The molecule has 8 nitrogen and oxygen atoms in total. The van der Waals surface area contributed by atoms with Gasteiger partial charge in [-0.05, 0) is 46.5 Å². The summed E-state index contributed by atoms with van der Waals surface area (Å²) in [6.07, 6.45) is 0. The molecule has 2 aromatic carbocycles. The molecule has 0 aliphatic rings. The molecule has 0 atom stereocenters. The average molecular weight is 360 g/mol. The molecule has 9 heteroatoms. The van der Waals surface area contributed by atoms with E-state index in [0.717, 1.165) is 15.9 Å². The van der Waals surface area contributed by atoms with E-state index in [0.29, 0.717) is 15.6 Å². The van der Waals surface area contributed by atoms with Gasteiger partial charge in [0.25, 0.3) is 5.49 Å². The van der Waals surface area contributed by atoms with E-state index in [4.69, 9.17) is 11.6 Å². The predicted octanol–water partition coefficient (Wildman–Crippen LogP) is 2.88. The number of nitrogens with zero attached hydrogens (tertiary/aromatic N) is 5. The Kier molecular flexibility index (Phi) is 4.53. The number of nitro groups is 1. The first kappa shape index (κ1) is 16.7. The maximum absolute atomic E-state index is 11.3. The maximum atomic E-state index is 11.3. The van der Waals surface area contributed by atoms with E-state index >= 15 is 0 Å². The van der Waals surface area contributed by atoms with Gasteiger partial charge in [-0.3, -0.25) is 4.99 Å². The minimum absolute atomic E-state index is 0.175. The van der Waals surface area contributed by atoms with Crippen molar-refractivity contribution in [3.63, 3.8) is 0 Å². The van der Waals surface area contributed by atoms with Crippen molar-refractivity contribution in [1.29, 1.82) is 0 Å². The van der Waals surface area contributed by atoms with Crippen LogP contribution in [0.4, 0.5) is 5.82 Å². The zero-order valence-corrected chi connectivity index (χ0v) is 14.0. The van der Waals surface area contributed by atoms with Gasteiger partial charge < -0.3 is 15.3 Å². The van der Waals surface area contributed by atoms with Gasteiger partial charge in [-0.2, -0.15) is 0 Å². The molecule has 25 heavy (non-hydrogen) atoms. The summed E-state index contributed by atoms with van der Waals surface area (Å²) < 4.78 is 0. The number of halogens is 1. The fraction of sp³-hybridized carbons (Fsp3) is 0.125. The van der Waals surface area contributed by atoms with E-state index in [9.17, 15) is 15.3 Å². The van der Waals surface area contributed by atoms with Crippen molar-refractivity contribution >= 4 is 17.4 Å². The minimum atomic E-state index is -0.687. The molecule has 3 rings (SSSR count). The number of hydrogen-bond acceptors (Lipinski definition) is 5. The Hall–Kier alpha value is -3.13. The Labute approximate surface area is 147 Å². The van der Waals surface area contributed by atoms with E-state index in [1.54, 1.807) is 24.3 Å². The molecule has 0 fully saturated rings. The van der Waals surface area contributed by atoms with Crippen molar-refractivity contribution < 1.29 is 10.1 Å². The third-order valence-corrected chi connectivity index (χ3v) is 3.77. The lowest BCUT2D eigenvalue weighted by molar-refractivity contribution is -0.391. The molecule has 1 N–H and O–H groups in total. The first-order valence-electron chi connectivity index (χ1n) is 7.33. The molecule has 128 valence electrons. The van der Waals surface area contributed by atoms with Gasteiger partial charge in [-0.15, -0.1) is 0 Å². The molecule has 0 aliphatic heterocycles. The Morgan fingerprint density at radius 3 is 2.44 bits per heavy atom. The molecule has 1 aromatic heterocycles. The van der Waals surface area contributed by atoms with Gasteiger partial charge in [0.2, 0.25) is 0 Å².